The summed E-state index contributed by atoms with van der Waals surface area (Å²) in [5, 5.41) is 66.5. The minimum atomic E-state index is -2.59. The van der Waals surface area contributed by atoms with Crippen LogP contribution in [0.2, 0.25) is 5.02 Å². The molecule has 5 aliphatic carbocycles. The molecule has 0 amide bonds. The van der Waals surface area contributed by atoms with E-state index in [4.69, 9.17) is 25.8 Å². The number of benzene rings is 2. The van der Waals surface area contributed by atoms with Crippen LogP contribution in [-0.4, -0.2) is 84.5 Å². The number of aliphatic hydroxyl groups is 3. The second kappa shape index (κ2) is 8.16. The van der Waals surface area contributed by atoms with Crippen molar-refractivity contribution in [3.63, 3.8) is 0 Å². The number of ketones is 3. The van der Waals surface area contributed by atoms with Crippen molar-refractivity contribution in [2.24, 2.45) is 5.41 Å². The van der Waals surface area contributed by atoms with E-state index in [0.717, 1.165) is 19.2 Å². The van der Waals surface area contributed by atoms with Gasteiger partial charge in [-0.05, 0) is 37.5 Å². The average molecular weight is 639 g/mol. The first-order valence-electron chi connectivity index (χ1n) is 14.0. The topological polar surface area (TPSA) is 221 Å². The van der Waals surface area contributed by atoms with Gasteiger partial charge in [-0.1, -0.05) is 11.6 Å². The number of phenols is 3. The van der Waals surface area contributed by atoms with Crippen LogP contribution in [0.1, 0.15) is 58.3 Å². The molecule has 2 aliphatic heterocycles. The lowest BCUT2D eigenvalue weighted by molar-refractivity contribution is -0.169. The Balaban J connectivity index is 1.49. The summed E-state index contributed by atoms with van der Waals surface area (Å²) in [4.78, 5) is 55.5. The largest absolute Gasteiger partial charge is 0.507 e. The van der Waals surface area contributed by atoms with Gasteiger partial charge in [0.1, 0.15) is 57.9 Å². The lowest BCUT2D eigenvalue weighted by Gasteiger charge is -2.44. The quantitative estimate of drug-likeness (QED) is 0.150. The van der Waals surface area contributed by atoms with Crippen molar-refractivity contribution in [3.8, 4) is 23.0 Å². The maximum absolute atomic E-state index is 14.6. The molecule has 0 radical (unpaired) electrons. The van der Waals surface area contributed by atoms with Crippen LogP contribution in [0.15, 0.2) is 23.3 Å². The number of methoxy groups -OCH3 is 1. The summed E-state index contributed by atoms with van der Waals surface area (Å²) in [6.45, 7) is 1.53. The predicted molar refractivity (Wildman–Crippen MR) is 149 cm³/mol. The van der Waals surface area contributed by atoms with Crippen LogP contribution in [0.5, 0.6) is 23.0 Å². The minimum Gasteiger partial charge on any atom is -0.507 e. The number of phenolic OH excluding ortho intramolecular Hbond substituents is 3. The van der Waals surface area contributed by atoms with Gasteiger partial charge in [0.15, 0.2) is 17.3 Å². The van der Waals surface area contributed by atoms with Crippen molar-refractivity contribution in [2.45, 2.75) is 55.5 Å². The van der Waals surface area contributed by atoms with Crippen LogP contribution < -0.4 is 4.74 Å². The molecule has 2 aromatic rings. The van der Waals surface area contributed by atoms with Gasteiger partial charge >= 0.3 is 5.97 Å². The van der Waals surface area contributed by atoms with Crippen LogP contribution >= 0.6 is 11.6 Å². The highest BCUT2D eigenvalue weighted by Gasteiger charge is 2.80. The summed E-state index contributed by atoms with van der Waals surface area (Å²) in [6.07, 6.45) is -3.82. The Kier molecular flexibility index (Phi) is 5.06. The van der Waals surface area contributed by atoms with Gasteiger partial charge in [-0.2, -0.15) is 0 Å². The van der Waals surface area contributed by atoms with E-state index in [1.807, 2.05) is 0 Å². The number of carbonyl (C=O) groups excluding carboxylic acids is 4. The van der Waals surface area contributed by atoms with E-state index in [-0.39, 0.29) is 24.0 Å². The maximum Gasteiger partial charge on any atom is 0.358 e. The molecule has 2 saturated carbocycles. The summed E-state index contributed by atoms with van der Waals surface area (Å²) in [5.74, 6) is -9.26. The molecule has 6 atom stereocenters. The number of hydrogen-bond donors (Lipinski definition) is 6. The monoisotopic (exact) mass is 638 g/mol. The lowest BCUT2D eigenvalue weighted by Crippen LogP contribution is -2.61. The smallest absolute Gasteiger partial charge is 0.358 e. The van der Waals surface area contributed by atoms with E-state index < -0.39 is 132 Å². The van der Waals surface area contributed by atoms with Crippen LogP contribution in [0.4, 0.5) is 0 Å². The molecule has 1 saturated heterocycles. The fraction of sp³-hybridized carbons (Fsp3) is 0.355. The molecule has 1 spiro atoms. The molecule has 45 heavy (non-hydrogen) atoms. The maximum atomic E-state index is 14.6. The second-order valence-electron chi connectivity index (χ2n) is 12.3. The molecule has 232 valence electrons. The third-order valence-electron chi connectivity index (χ3n) is 10.3. The van der Waals surface area contributed by atoms with E-state index in [1.165, 1.54) is 6.92 Å². The lowest BCUT2D eigenvalue weighted by atomic mass is 9.56. The number of fused-ring (bicyclic) bond motifs is 3. The Morgan fingerprint density at radius 1 is 1.00 bits per heavy atom. The van der Waals surface area contributed by atoms with Crippen molar-refractivity contribution in [2.75, 3.05) is 7.11 Å². The van der Waals surface area contributed by atoms with Crippen molar-refractivity contribution in [3.05, 3.63) is 56.1 Å². The predicted octanol–water partition coefficient (Wildman–Crippen LogP) is 2.29. The number of rotatable bonds is 1. The summed E-state index contributed by atoms with van der Waals surface area (Å²) in [5.41, 5.74) is -8.71. The number of aliphatic hydroxyl groups excluding tert-OH is 3. The molecule has 2 bridgehead atoms. The number of aromatic hydroxyl groups is 3. The van der Waals surface area contributed by atoms with Crippen molar-refractivity contribution in [1.82, 2.24) is 0 Å². The molecule has 9 rings (SSSR count). The number of esters is 1. The van der Waals surface area contributed by atoms with Gasteiger partial charge in [-0.25, -0.2) is 4.79 Å². The Bertz CT molecular complexity index is 1980. The van der Waals surface area contributed by atoms with Gasteiger partial charge < -0.3 is 44.8 Å². The summed E-state index contributed by atoms with van der Waals surface area (Å²) in [6, 6.07) is 2.11. The number of Topliss-reactive ketones (excluding diaryl/α,β-unsaturated/α-hetero) is 3. The fourth-order valence-corrected chi connectivity index (χ4v) is 8.63. The average Bonchev–Trinajstić information content (AvgIpc) is 3.73. The van der Waals surface area contributed by atoms with Crippen molar-refractivity contribution >= 4 is 46.4 Å². The fourth-order valence-electron chi connectivity index (χ4n) is 8.37. The highest BCUT2D eigenvalue weighted by molar-refractivity contribution is 6.34. The van der Waals surface area contributed by atoms with E-state index >= 15 is 0 Å². The molecule has 13 nitrogen and oxygen atoms in total. The van der Waals surface area contributed by atoms with Gasteiger partial charge in [0.2, 0.25) is 0 Å². The zero-order valence-corrected chi connectivity index (χ0v) is 24.2. The molecule has 14 heteroatoms. The number of epoxide rings is 1. The molecule has 0 unspecified atom stereocenters. The van der Waals surface area contributed by atoms with E-state index in [9.17, 15) is 49.8 Å². The van der Waals surface area contributed by atoms with Crippen LogP contribution in [0.25, 0.3) is 11.5 Å². The zero-order valence-electron chi connectivity index (χ0n) is 23.4. The van der Waals surface area contributed by atoms with Crippen LogP contribution in [-0.2, 0) is 30.3 Å². The molecule has 7 aliphatic rings. The Hall–Kier alpha value is -4.59. The van der Waals surface area contributed by atoms with E-state index in [0.29, 0.717) is 0 Å². The number of ether oxygens (including phenoxy) is 3. The first-order valence-corrected chi connectivity index (χ1v) is 14.3. The number of carbonyl (C=O) groups is 4. The van der Waals surface area contributed by atoms with Crippen molar-refractivity contribution in [1.29, 1.82) is 0 Å². The standard InChI is InChI=1S/C31H23ClO13/c1-29-18-13-8(7-30(27(29)45-29)19(24(18)40)21(37)14-9(33)3-4-10(34)15(14)26(30)41)20(32)23(39)16-22(38)17-11(35)5-6-12(36)31(17,28(42)43-2)44-25(13)16/h3-4,12,18,27,33-34,36-39H,5-7H2,1-2H3/t12-,18-,27+,29+,30+,31+/m0/s1. The van der Waals surface area contributed by atoms with Gasteiger partial charge in [0.25, 0.3) is 5.60 Å². The molecule has 0 aromatic heterocycles. The van der Waals surface area contributed by atoms with Crippen LogP contribution in [0.3, 0.4) is 0 Å². The Morgan fingerprint density at radius 2 is 1.64 bits per heavy atom. The molecular formula is C31H23ClO13. The van der Waals surface area contributed by atoms with Gasteiger partial charge in [0, 0.05) is 12.0 Å². The van der Waals surface area contributed by atoms with Gasteiger partial charge in [0.05, 0.1) is 45.7 Å². The molecule has 3 fully saturated rings. The summed E-state index contributed by atoms with van der Waals surface area (Å²) in [7, 11) is 0.984. The normalized spacial score (nSPS) is 33.7. The first-order chi connectivity index (χ1) is 21.2. The zero-order chi connectivity index (χ0) is 32.3. The molecule has 6 N–H and O–H groups in total. The minimum absolute atomic E-state index is 0.0320. The first kappa shape index (κ1) is 27.9. The Labute approximate surface area is 257 Å². The van der Waals surface area contributed by atoms with Gasteiger partial charge in [-0.15, -0.1) is 0 Å². The van der Waals surface area contributed by atoms with E-state index in [2.05, 4.69) is 0 Å². The third kappa shape index (κ3) is 2.80. The highest BCUT2D eigenvalue weighted by Crippen LogP contribution is 2.72. The number of halogens is 1. The number of hydrogen-bond acceptors (Lipinski definition) is 13. The second-order valence-corrected chi connectivity index (χ2v) is 12.7. The van der Waals surface area contributed by atoms with Gasteiger partial charge in [-0.3, -0.25) is 14.4 Å². The summed E-state index contributed by atoms with van der Waals surface area (Å²) >= 11 is 6.74. The van der Waals surface area contributed by atoms with E-state index in [1.54, 1.807) is 0 Å². The summed E-state index contributed by atoms with van der Waals surface area (Å²) < 4.78 is 17.2. The SMILES string of the molecule is COC(=O)[C@]12Oc3c(c(O)c(Cl)c4c3[C@H]3C(=O)C5=C(O)c6c(O)ccc(O)c6C(=O)[C@]5(C4)[C@@H]4O[C@]34C)C(O)=C1C(=O)CC[C@@H]2O. The Morgan fingerprint density at radius 3 is 2.31 bits per heavy atom. The highest BCUT2D eigenvalue weighted by atomic mass is 35.5. The molecular weight excluding hydrogens is 616 g/mol. The van der Waals surface area contributed by atoms with Crippen LogP contribution in [0, 0.1) is 5.41 Å². The molecule has 2 aromatic carbocycles. The third-order valence-corrected chi connectivity index (χ3v) is 10.7. The molecule has 2 heterocycles. The van der Waals surface area contributed by atoms with Crippen molar-refractivity contribution < 1.29 is 64.0 Å².